The Labute approximate surface area is 144 Å². The molecule has 1 aromatic carbocycles. The predicted molar refractivity (Wildman–Crippen MR) is 92.5 cm³/mol. The van der Waals surface area contributed by atoms with Crippen LogP contribution in [-0.4, -0.2) is 35.8 Å². The van der Waals surface area contributed by atoms with Gasteiger partial charge in [-0.15, -0.1) is 11.8 Å². The van der Waals surface area contributed by atoms with Gasteiger partial charge in [-0.25, -0.2) is 4.79 Å². The van der Waals surface area contributed by atoms with Crippen LogP contribution >= 0.6 is 11.8 Å². The normalized spacial score (nSPS) is 14.3. The first-order valence-electron chi connectivity index (χ1n) is 7.84. The zero-order valence-corrected chi connectivity index (χ0v) is 14.3. The molecule has 126 valence electrons. The summed E-state index contributed by atoms with van der Waals surface area (Å²) < 4.78 is 10.6. The largest absolute Gasteiger partial charge is 0.486 e. The van der Waals surface area contributed by atoms with Crippen molar-refractivity contribution < 1.29 is 13.9 Å². The van der Waals surface area contributed by atoms with Crippen LogP contribution in [0, 0.1) is 6.92 Å². The smallest absolute Gasteiger partial charge is 0.339 e. The highest BCUT2D eigenvalue weighted by Gasteiger charge is 2.31. The van der Waals surface area contributed by atoms with E-state index in [2.05, 4.69) is 0 Å². The van der Waals surface area contributed by atoms with Crippen LogP contribution in [0.15, 0.2) is 56.6 Å². The average Bonchev–Trinajstić information content (AvgIpc) is 2.50. The molecule has 0 N–H and O–H groups in total. The number of likely N-dealkylation sites (tertiary alicyclic amines) is 1. The first kappa shape index (κ1) is 16.6. The maximum Gasteiger partial charge on any atom is 0.339 e. The third-order valence-corrected chi connectivity index (χ3v) is 4.71. The molecule has 0 radical (unpaired) electrons. The van der Waals surface area contributed by atoms with Crippen LogP contribution in [0.25, 0.3) is 0 Å². The molecular weight excluding hydrogens is 326 g/mol. The lowest BCUT2D eigenvalue weighted by Crippen LogP contribution is -2.56. The summed E-state index contributed by atoms with van der Waals surface area (Å²) >= 11 is 1.68. The quantitative estimate of drug-likeness (QED) is 0.754. The van der Waals surface area contributed by atoms with Gasteiger partial charge in [-0.05, 0) is 19.1 Å². The molecule has 2 aromatic rings. The lowest BCUT2D eigenvalue weighted by Gasteiger charge is -2.39. The van der Waals surface area contributed by atoms with Crippen LogP contribution < -0.4 is 10.4 Å². The number of benzene rings is 1. The molecule has 1 aliphatic rings. The van der Waals surface area contributed by atoms with Crippen LogP contribution in [0.3, 0.4) is 0 Å². The summed E-state index contributed by atoms with van der Waals surface area (Å²) in [5.74, 6) is 1.93. The van der Waals surface area contributed by atoms with Crippen molar-refractivity contribution in [3.05, 3.63) is 58.6 Å². The van der Waals surface area contributed by atoms with Crippen molar-refractivity contribution in [1.82, 2.24) is 4.90 Å². The number of hydrogen-bond donors (Lipinski definition) is 0. The molecule has 1 aliphatic heterocycles. The number of ether oxygens (including phenoxy) is 1. The van der Waals surface area contributed by atoms with E-state index in [1.807, 2.05) is 30.3 Å². The summed E-state index contributed by atoms with van der Waals surface area (Å²) in [6.45, 7) is 2.83. The van der Waals surface area contributed by atoms with Crippen LogP contribution in [0.5, 0.6) is 5.75 Å². The molecule has 5 nitrogen and oxygen atoms in total. The summed E-state index contributed by atoms with van der Waals surface area (Å²) in [5, 5.41) is 0. The fourth-order valence-corrected chi connectivity index (χ4v) is 3.35. The number of aryl methyl sites for hydroxylation is 1. The van der Waals surface area contributed by atoms with E-state index >= 15 is 0 Å². The summed E-state index contributed by atoms with van der Waals surface area (Å²) in [7, 11) is 0. The number of carbonyl (C=O) groups excluding carboxylic acids is 1. The van der Waals surface area contributed by atoms with Gasteiger partial charge in [0.2, 0.25) is 5.91 Å². The lowest BCUT2D eigenvalue weighted by molar-refractivity contribution is -0.139. The number of nitrogens with zero attached hydrogens (tertiary/aromatic N) is 1. The van der Waals surface area contributed by atoms with Crippen molar-refractivity contribution >= 4 is 17.7 Å². The minimum absolute atomic E-state index is 0.0584. The topological polar surface area (TPSA) is 59.8 Å². The minimum Gasteiger partial charge on any atom is -0.486 e. The minimum atomic E-state index is -0.421. The second kappa shape index (κ2) is 7.57. The second-order valence-corrected chi connectivity index (χ2v) is 6.84. The molecule has 0 bridgehead atoms. The van der Waals surface area contributed by atoms with Gasteiger partial charge in [0.1, 0.15) is 17.6 Å². The standard InChI is InChI=1S/C18H19NO4S/c1-13-9-14(10-18(21)22-13)23-15-11-19(12-15)17(20)7-8-24-16-5-3-2-4-6-16/h2-6,9-10,15H,7-8,11-12H2,1H3. The average molecular weight is 345 g/mol. The predicted octanol–water partition coefficient (Wildman–Crippen LogP) is 2.72. The molecular formula is C18H19NO4S. The fourth-order valence-electron chi connectivity index (χ4n) is 2.48. The third kappa shape index (κ3) is 4.41. The van der Waals surface area contributed by atoms with E-state index in [-0.39, 0.29) is 12.0 Å². The van der Waals surface area contributed by atoms with Gasteiger partial charge in [0.25, 0.3) is 0 Å². The van der Waals surface area contributed by atoms with Gasteiger partial charge >= 0.3 is 5.63 Å². The van der Waals surface area contributed by atoms with Gasteiger partial charge in [-0.3, -0.25) is 4.79 Å². The van der Waals surface area contributed by atoms with E-state index in [0.717, 1.165) is 5.75 Å². The molecule has 1 fully saturated rings. The molecule has 1 amide bonds. The molecule has 0 spiro atoms. The number of hydrogen-bond acceptors (Lipinski definition) is 5. The summed E-state index contributed by atoms with van der Waals surface area (Å²) in [6.07, 6.45) is 0.456. The van der Waals surface area contributed by atoms with E-state index in [4.69, 9.17) is 9.15 Å². The molecule has 1 aromatic heterocycles. The highest BCUT2D eigenvalue weighted by molar-refractivity contribution is 7.99. The molecule has 6 heteroatoms. The SMILES string of the molecule is Cc1cc(OC2CN(C(=O)CCSc3ccccc3)C2)cc(=O)o1. The monoisotopic (exact) mass is 345 g/mol. The summed E-state index contributed by atoms with van der Waals surface area (Å²) in [6, 6.07) is 13.1. The Morgan fingerprint density at radius 3 is 2.75 bits per heavy atom. The number of rotatable bonds is 6. The second-order valence-electron chi connectivity index (χ2n) is 5.67. The maximum absolute atomic E-state index is 12.1. The van der Waals surface area contributed by atoms with Gasteiger partial charge in [0.15, 0.2) is 0 Å². The van der Waals surface area contributed by atoms with Crippen molar-refractivity contribution in [2.24, 2.45) is 0 Å². The van der Waals surface area contributed by atoms with Crippen molar-refractivity contribution in [2.75, 3.05) is 18.8 Å². The first-order valence-corrected chi connectivity index (χ1v) is 8.83. The van der Waals surface area contributed by atoms with Crippen LogP contribution in [0.2, 0.25) is 0 Å². The van der Waals surface area contributed by atoms with Gasteiger partial charge < -0.3 is 14.1 Å². The zero-order valence-electron chi connectivity index (χ0n) is 13.4. The molecule has 2 heterocycles. The van der Waals surface area contributed by atoms with Crippen LogP contribution in [-0.2, 0) is 4.79 Å². The summed E-state index contributed by atoms with van der Waals surface area (Å²) in [5.41, 5.74) is -0.421. The zero-order chi connectivity index (χ0) is 16.9. The van der Waals surface area contributed by atoms with Crippen molar-refractivity contribution in [3.63, 3.8) is 0 Å². The highest BCUT2D eigenvalue weighted by atomic mass is 32.2. The van der Waals surface area contributed by atoms with E-state index in [0.29, 0.717) is 31.0 Å². The molecule has 1 saturated heterocycles. The highest BCUT2D eigenvalue weighted by Crippen LogP contribution is 2.21. The fraction of sp³-hybridized carbons (Fsp3) is 0.333. The Morgan fingerprint density at radius 1 is 1.29 bits per heavy atom. The van der Waals surface area contributed by atoms with E-state index in [9.17, 15) is 9.59 Å². The maximum atomic E-state index is 12.1. The van der Waals surface area contributed by atoms with E-state index in [1.165, 1.54) is 11.0 Å². The molecule has 0 atom stereocenters. The van der Waals surface area contributed by atoms with Crippen molar-refractivity contribution in [1.29, 1.82) is 0 Å². The molecule has 0 unspecified atom stereocenters. The van der Waals surface area contributed by atoms with Gasteiger partial charge in [0.05, 0.1) is 19.2 Å². The lowest BCUT2D eigenvalue weighted by atomic mass is 10.1. The molecule has 0 saturated carbocycles. The molecule has 24 heavy (non-hydrogen) atoms. The number of carbonyl (C=O) groups is 1. The van der Waals surface area contributed by atoms with E-state index in [1.54, 1.807) is 29.7 Å². The Bertz CT molecular complexity index is 753. The summed E-state index contributed by atoms with van der Waals surface area (Å²) in [4.78, 5) is 26.4. The van der Waals surface area contributed by atoms with Gasteiger partial charge in [-0.1, -0.05) is 18.2 Å². The van der Waals surface area contributed by atoms with Crippen molar-refractivity contribution in [3.8, 4) is 5.75 Å². The Balaban J connectivity index is 1.39. The van der Waals surface area contributed by atoms with Crippen LogP contribution in [0.4, 0.5) is 0 Å². The van der Waals surface area contributed by atoms with Crippen LogP contribution in [0.1, 0.15) is 12.2 Å². The van der Waals surface area contributed by atoms with Crippen molar-refractivity contribution in [2.45, 2.75) is 24.3 Å². The Hall–Kier alpha value is -2.21. The first-order chi connectivity index (χ1) is 11.6. The van der Waals surface area contributed by atoms with Gasteiger partial charge in [0, 0.05) is 23.1 Å². The van der Waals surface area contributed by atoms with Gasteiger partial charge in [-0.2, -0.15) is 0 Å². The molecule has 0 aliphatic carbocycles. The Kier molecular flexibility index (Phi) is 5.25. The number of amides is 1. The Morgan fingerprint density at radius 2 is 2.04 bits per heavy atom. The molecule has 3 rings (SSSR count). The third-order valence-electron chi connectivity index (χ3n) is 3.70. The van der Waals surface area contributed by atoms with E-state index < -0.39 is 5.63 Å². The number of thioether (sulfide) groups is 1.